The van der Waals surface area contributed by atoms with Crippen LogP contribution >= 0.6 is 0 Å². The van der Waals surface area contributed by atoms with Crippen molar-refractivity contribution >= 4 is 45.2 Å². The van der Waals surface area contributed by atoms with Crippen LogP contribution in [-0.2, 0) is 9.53 Å². The second-order valence-corrected chi connectivity index (χ2v) is 7.75. The molecule has 4 aromatic rings. The second-order valence-electron chi connectivity index (χ2n) is 7.75. The smallest absolute Gasteiger partial charge is 0.340 e. The molecule has 9 nitrogen and oxygen atoms in total. The van der Waals surface area contributed by atoms with Crippen LogP contribution in [0.25, 0.3) is 21.9 Å². The third-order valence-corrected chi connectivity index (χ3v) is 5.65. The number of hydrogen-bond acceptors (Lipinski definition) is 8. The third kappa shape index (κ3) is 4.52. The highest BCUT2D eigenvalue weighted by Gasteiger charge is 2.22. The molecule has 0 spiro atoms. The maximum atomic E-state index is 13.1. The van der Waals surface area contributed by atoms with Crippen LogP contribution in [0.4, 0.5) is 11.4 Å². The van der Waals surface area contributed by atoms with Gasteiger partial charge in [0.2, 0.25) is 5.91 Å². The molecule has 1 amide bonds. The minimum Gasteiger partial charge on any atom is -0.495 e. The zero-order valence-corrected chi connectivity index (χ0v) is 20.1. The van der Waals surface area contributed by atoms with Crippen molar-refractivity contribution in [1.82, 2.24) is 0 Å². The first-order chi connectivity index (χ1) is 16.9. The highest BCUT2D eigenvalue weighted by atomic mass is 16.5. The summed E-state index contributed by atoms with van der Waals surface area (Å²) in [6.07, 6.45) is 0. The minimum absolute atomic E-state index is 0.200. The van der Waals surface area contributed by atoms with E-state index in [9.17, 15) is 9.59 Å². The summed E-state index contributed by atoms with van der Waals surface area (Å²) < 4.78 is 26.9. The maximum absolute atomic E-state index is 13.1. The Kier molecular flexibility index (Phi) is 6.68. The van der Waals surface area contributed by atoms with Gasteiger partial charge in [-0.25, -0.2) is 4.79 Å². The van der Waals surface area contributed by atoms with Crippen LogP contribution in [0, 0.1) is 0 Å². The normalized spacial score (nSPS) is 11.7. The number of nitrogens with one attached hydrogen (secondary N) is 2. The van der Waals surface area contributed by atoms with Crippen LogP contribution in [0.2, 0.25) is 0 Å². The molecule has 0 fully saturated rings. The maximum Gasteiger partial charge on any atom is 0.340 e. The van der Waals surface area contributed by atoms with Gasteiger partial charge in [0, 0.05) is 29.0 Å². The summed E-state index contributed by atoms with van der Waals surface area (Å²) in [5.74, 6) is 0.306. The molecule has 1 aromatic heterocycles. The Bertz CT molecular complexity index is 1410. The fourth-order valence-corrected chi connectivity index (χ4v) is 3.84. The van der Waals surface area contributed by atoms with Crippen molar-refractivity contribution < 1.29 is 33.0 Å². The Hall–Kier alpha value is -4.40. The monoisotopic (exact) mass is 478 g/mol. The SMILES string of the molecule is COC(=O)c1cc(OC)c(OC)cc1N[C@H](C)C(=O)Nc1cc2oc3ccccc3c2cc1OC. The summed E-state index contributed by atoms with van der Waals surface area (Å²) in [4.78, 5) is 25.4. The van der Waals surface area contributed by atoms with E-state index >= 15 is 0 Å². The van der Waals surface area contributed by atoms with Crippen molar-refractivity contribution in [2.45, 2.75) is 13.0 Å². The van der Waals surface area contributed by atoms with Gasteiger partial charge in [-0.1, -0.05) is 18.2 Å². The van der Waals surface area contributed by atoms with E-state index in [0.29, 0.717) is 34.2 Å². The number of benzene rings is 3. The van der Waals surface area contributed by atoms with Gasteiger partial charge in [-0.3, -0.25) is 4.79 Å². The van der Waals surface area contributed by atoms with Crippen molar-refractivity contribution in [3.8, 4) is 17.2 Å². The van der Waals surface area contributed by atoms with Crippen LogP contribution in [0.3, 0.4) is 0 Å². The summed E-state index contributed by atoms with van der Waals surface area (Å²) in [7, 11) is 5.76. The molecule has 0 aliphatic heterocycles. The number of para-hydroxylation sites is 1. The molecule has 4 rings (SSSR count). The Morgan fingerprint density at radius 3 is 2.17 bits per heavy atom. The molecule has 2 N–H and O–H groups in total. The van der Waals surface area contributed by atoms with Gasteiger partial charge in [0.05, 0.1) is 45.4 Å². The van der Waals surface area contributed by atoms with Crippen LogP contribution in [0.5, 0.6) is 17.2 Å². The van der Waals surface area contributed by atoms with E-state index in [2.05, 4.69) is 10.6 Å². The molecular formula is C26H26N2O7. The first-order valence-corrected chi connectivity index (χ1v) is 10.8. The number of methoxy groups -OCH3 is 4. The van der Waals surface area contributed by atoms with E-state index in [-0.39, 0.29) is 11.5 Å². The van der Waals surface area contributed by atoms with E-state index in [1.54, 1.807) is 19.1 Å². The Balaban J connectivity index is 1.62. The largest absolute Gasteiger partial charge is 0.495 e. The number of rotatable bonds is 8. The summed E-state index contributed by atoms with van der Waals surface area (Å²) in [6.45, 7) is 1.67. The van der Waals surface area contributed by atoms with Crippen LogP contribution in [0.1, 0.15) is 17.3 Å². The molecular weight excluding hydrogens is 452 g/mol. The van der Waals surface area contributed by atoms with E-state index in [1.165, 1.54) is 34.5 Å². The molecule has 9 heteroatoms. The van der Waals surface area contributed by atoms with Gasteiger partial charge in [-0.15, -0.1) is 0 Å². The second kappa shape index (κ2) is 9.84. The van der Waals surface area contributed by atoms with E-state index in [1.807, 2.05) is 30.3 Å². The summed E-state index contributed by atoms with van der Waals surface area (Å²) in [5.41, 5.74) is 2.38. The number of anilines is 2. The van der Waals surface area contributed by atoms with Gasteiger partial charge in [-0.2, -0.15) is 0 Å². The molecule has 0 aliphatic carbocycles. The topological polar surface area (TPSA) is 108 Å². The molecule has 0 unspecified atom stereocenters. The predicted octanol–water partition coefficient (Wildman–Crippen LogP) is 4.84. The van der Waals surface area contributed by atoms with Crippen LogP contribution < -0.4 is 24.8 Å². The molecule has 35 heavy (non-hydrogen) atoms. The quantitative estimate of drug-likeness (QED) is 0.347. The summed E-state index contributed by atoms with van der Waals surface area (Å²) in [6, 6.07) is 13.6. The molecule has 0 saturated carbocycles. The Morgan fingerprint density at radius 2 is 1.49 bits per heavy atom. The molecule has 0 saturated heterocycles. The zero-order chi connectivity index (χ0) is 25.1. The summed E-state index contributed by atoms with van der Waals surface area (Å²) in [5, 5.41) is 7.77. The standard InChI is InChI=1S/C26H26N2O7/c1-14(27-18-12-24(33-4)23(32-3)11-17(18)26(30)34-5)25(29)28-19-13-21-16(10-22(19)31-2)15-8-6-7-9-20(15)35-21/h6-14,27H,1-5H3,(H,28,29)/t14-/m1/s1. The number of carbonyl (C=O) groups is 2. The number of furan rings is 1. The molecule has 0 aliphatic rings. The zero-order valence-electron chi connectivity index (χ0n) is 20.1. The van der Waals surface area contributed by atoms with Gasteiger partial charge in [0.1, 0.15) is 23.0 Å². The molecule has 3 aromatic carbocycles. The third-order valence-electron chi connectivity index (χ3n) is 5.65. The summed E-state index contributed by atoms with van der Waals surface area (Å²) >= 11 is 0. The lowest BCUT2D eigenvalue weighted by molar-refractivity contribution is -0.116. The number of hydrogen-bond donors (Lipinski definition) is 2. The van der Waals surface area contributed by atoms with Gasteiger partial charge in [-0.05, 0) is 19.1 Å². The van der Waals surface area contributed by atoms with Gasteiger partial charge < -0.3 is 34.0 Å². The van der Waals surface area contributed by atoms with Crippen LogP contribution in [-0.4, -0.2) is 46.4 Å². The number of ether oxygens (including phenoxy) is 4. The molecule has 182 valence electrons. The Labute approximate surface area is 201 Å². The first kappa shape index (κ1) is 23.7. The fraction of sp³-hybridized carbons (Fsp3) is 0.231. The minimum atomic E-state index is -0.743. The fourth-order valence-electron chi connectivity index (χ4n) is 3.84. The Morgan fingerprint density at radius 1 is 0.800 bits per heavy atom. The van der Waals surface area contributed by atoms with E-state index in [0.717, 1.165) is 16.4 Å². The number of esters is 1. The van der Waals surface area contributed by atoms with E-state index < -0.39 is 12.0 Å². The van der Waals surface area contributed by atoms with Crippen LogP contribution in [0.15, 0.2) is 52.9 Å². The lowest BCUT2D eigenvalue weighted by Gasteiger charge is -2.20. The number of fused-ring (bicyclic) bond motifs is 3. The highest BCUT2D eigenvalue weighted by molar-refractivity contribution is 6.08. The van der Waals surface area contributed by atoms with Gasteiger partial charge >= 0.3 is 5.97 Å². The number of amides is 1. The van der Waals surface area contributed by atoms with E-state index in [4.69, 9.17) is 23.4 Å². The average Bonchev–Trinajstić information content (AvgIpc) is 3.24. The average molecular weight is 479 g/mol. The first-order valence-electron chi connectivity index (χ1n) is 10.8. The molecule has 1 atom stereocenters. The lowest BCUT2D eigenvalue weighted by Crippen LogP contribution is -2.32. The highest BCUT2D eigenvalue weighted by Crippen LogP contribution is 2.37. The lowest BCUT2D eigenvalue weighted by atomic mass is 10.1. The molecule has 1 heterocycles. The van der Waals surface area contributed by atoms with Crippen molar-refractivity contribution in [3.63, 3.8) is 0 Å². The van der Waals surface area contributed by atoms with Gasteiger partial charge in [0.15, 0.2) is 11.5 Å². The van der Waals surface area contributed by atoms with Gasteiger partial charge in [0.25, 0.3) is 0 Å². The molecule has 0 radical (unpaired) electrons. The predicted molar refractivity (Wildman–Crippen MR) is 133 cm³/mol. The van der Waals surface area contributed by atoms with Crippen molar-refractivity contribution in [2.75, 3.05) is 39.1 Å². The van der Waals surface area contributed by atoms with Crippen molar-refractivity contribution in [3.05, 3.63) is 54.1 Å². The molecule has 0 bridgehead atoms. The number of carbonyl (C=O) groups excluding carboxylic acids is 2. The van der Waals surface area contributed by atoms with Crippen molar-refractivity contribution in [1.29, 1.82) is 0 Å². The van der Waals surface area contributed by atoms with Crippen molar-refractivity contribution in [2.24, 2.45) is 0 Å².